The van der Waals surface area contributed by atoms with E-state index < -0.39 is 0 Å². The zero-order valence-corrected chi connectivity index (χ0v) is 24.2. The summed E-state index contributed by atoms with van der Waals surface area (Å²) in [5, 5.41) is 5.83. The number of hydrogen-bond acceptors (Lipinski definition) is 3. The molecule has 0 fully saturated rings. The molecule has 3 aromatic rings. The number of anilines is 2. The van der Waals surface area contributed by atoms with Gasteiger partial charge in [0.05, 0.1) is 11.5 Å². The number of unbranched alkanes of at least 4 members (excludes halogenated alkanes) is 11. The van der Waals surface area contributed by atoms with Crippen molar-refractivity contribution in [1.82, 2.24) is 0 Å². The zero-order chi connectivity index (χ0) is 26.8. The summed E-state index contributed by atoms with van der Waals surface area (Å²) in [6.07, 6.45) is 18.2. The van der Waals surface area contributed by atoms with E-state index in [4.69, 9.17) is 4.74 Å². The van der Waals surface area contributed by atoms with Gasteiger partial charge in [0, 0.05) is 16.9 Å². The van der Waals surface area contributed by atoms with Crippen molar-refractivity contribution >= 4 is 28.7 Å². The van der Waals surface area contributed by atoms with Gasteiger partial charge in [0.1, 0.15) is 5.75 Å². The quantitative estimate of drug-likeness (QED) is 0.126. The van der Waals surface area contributed by atoms with E-state index in [-0.39, 0.29) is 6.03 Å². The largest absolute Gasteiger partial charge is 0.494 e. The van der Waals surface area contributed by atoms with Crippen LogP contribution in [0.2, 0.25) is 0 Å². The van der Waals surface area contributed by atoms with Gasteiger partial charge in [-0.05, 0) is 49.7 Å². The Balaban J connectivity index is 1.25. The van der Waals surface area contributed by atoms with E-state index in [1.807, 2.05) is 42.5 Å². The van der Waals surface area contributed by atoms with Crippen LogP contribution in [0.3, 0.4) is 0 Å². The molecule has 5 nitrogen and oxygen atoms in total. The van der Waals surface area contributed by atoms with Crippen LogP contribution < -0.4 is 19.9 Å². The number of benzene rings is 2. The predicted molar refractivity (Wildman–Crippen MR) is 160 cm³/mol. The summed E-state index contributed by atoms with van der Waals surface area (Å²) in [5.74, 6) is 0.841. The number of carbonyl (C=O) groups excluding carboxylic acids is 1. The Morgan fingerprint density at radius 2 is 1.45 bits per heavy atom. The fourth-order valence-corrected chi connectivity index (χ4v) is 5.18. The van der Waals surface area contributed by atoms with Crippen molar-refractivity contribution in [2.45, 2.75) is 97.4 Å². The predicted octanol–water partition coefficient (Wildman–Crippen LogP) is 9.12. The third kappa shape index (κ3) is 12.1. The molecule has 2 amide bonds. The Labute approximate surface area is 233 Å². The molecule has 6 heteroatoms. The van der Waals surface area contributed by atoms with Crippen LogP contribution in [-0.2, 0) is 6.54 Å². The number of amides is 2. The lowest BCUT2D eigenvalue weighted by Gasteiger charge is -2.10. The van der Waals surface area contributed by atoms with Crippen molar-refractivity contribution in [3.8, 4) is 5.75 Å². The molecule has 1 heterocycles. The Hall–Kier alpha value is -2.86. The molecule has 0 aliphatic heterocycles. The molecule has 0 aliphatic rings. The number of rotatable bonds is 18. The van der Waals surface area contributed by atoms with Crippen molar-refractivity contribution in [2.75, 3.05) is 17.2 Å². The number of nitrogens with zero attached hydrogens (tertiary/aromatic N) is 1. The fourth-order valence-electron chi connectivity index (χ4n) is 4.55. The Bertz CT molecular complexity index is 1060. The van der Waals surface area contributed by atoms with Crippen LogP contribution in [-0.4, -0.2) is 12.6 Å². The number of aryl methyl sites for hydroxylation is 1. The molecule has 0 aliphatic carbocycles. The molecular weight excluding hydrogens is 490 g/mol. The van der Waals surface area contributed by atoms with Gasteiger partial charge < -0.3 is 15.4 Å². The standard InChI is InChI=1S/C32H45N3O2S/c1-3-4-5-6-7-8-9-10-11-12-13-14-22-37-31-20-18-29(19-21-31)33-32(36)34-30-17-15-16-28(23-30)25-35-24-27(2)38-26-35/h15-21,23-24,26H,3-14,22,25H2,1-2H3,(H-,33,34,36)/p+1. The lowest BCUT2D eigenvalue weighted by molar-refractivity contribution is -0.683. The van der Waals surface area contributed by atoms with E-state index in [2.05, 4.69) is 46.8 Å². The molecule has 0 unspecified atom stereocenters. The van der Waals surface area contributed by atoms with Gasteiger partial charge >= 0.3 is 6.03 Å². The third-order valence-corrected chi connectivity index (χ3v) is 7.50. The molecule has 0 saturated carbocycles. The van der Waals surface area contributed by atoms with E-state index in [0.717, 1.165) is 42.3 Å². The van der Waals surface area contributed by atoms with Gasteiger partial charge in [-0.1, -0.05) is 101 Å². The normalized spacial score (nSPS) is 10.9. The van der Waals surface area contributed by atoms with E-state index in [9.17, 15) is 4.79 Å². The van der Waals surface area contributed by atoms with Gasteiger partial charge in [0.25, 0.3) is 0 Å². The smallest absolute Gasteiger partial charge is 0.323 e. The van der Waals surface area contributed by atoms with Crippen molar-refractivity contribution in [2.24, 2.45) is 0 Å². The molecule has 0 saturated heterocycles. The van der Waals surface area contributed by atoms with Crippen LogP contribution in [0.5, 0.6) is 5.75 Å². The highest BCUT2D eigenvalue weighted by molar-refractivity contribution is 7.09. The maximum atomic E-state index is 12.5. The van der Waals surface area contributed by atoms with Crippen molar-refractivity contribution in [3.05, 3.63) is 70.7 Å². The number of carbonyl (C=O) groups is 1. The third-order valence-electron chi connectivity index (χ3n) is 6.65. The first-order chi connectivity index (χ1) is 18.6. The minimum absolute atomic E-state index is 0.258. The highest BCUT2D eigenvalue weighted by Crippen LogP contribution is 2.18. The average molecular weight is 537 g/mol. The number of nitrogens with one attached hydrogen (secondary N) is 2. The minimum Gasteiger partial charge on any atom is -0.494 e. The first-order valence-electron chi connectivity index (χ1n) is 14.5. The van der Waals surface area contributed by atoms with Crippen LogP contribution in [0, 0.1) is 6.92 Å². The maximum Gasteiger partial charge on any atom is 0.323 e. The molecular formula is C32H46N3O2S+. The number of urea groups is 1. The molecule has 2 N–H and O–H groups in total. The summed E-state index contributed by atoms with van der Waals surface area (Å²) < 4.78 is 8.04. The second kappa shape index (κ2) is 17.6. The van der Waals surface area contributed by atoms with Gasteiger partial charge in [-0.2, -0.15) is 4.57 Å². The molecule has 0 atom stereocenters. The highest BCUT2D eigenvalue weighted by Gasteiger charge is 2.08. The monoisotopic (exact) mass is 536 g/mol. The molecule has 2 aromatic carbocycles. The van der Waals surface area contributed by atoms with Gasteiger partial charge in [0.15, 0.2) is 12.7 Å². The van der Waals surface area contributed by atoms with Crippen molar-refractivity contribution in [3.63, 3.8) is 0 Å². The van der Waals surface area contributed by atoms with Gasteiger partial charge in [-0.25, -0.2) is 4.79 Å². The van der Waals surface area contributed by atoms with E-state index in [0.29, 0.717) is 0 Å². The van der Waals surface area contributed by atoms with Crippen molar-refractivity contribution in [1.29, 1.82) is 0 Å². The first-order valence-corrected chi connectivity index (χ1v) is 15.3. The zero-order valence-electron chi connectivity index (χ0n) is 23.3. The molecule has 3 rings (SSSR count). The number of aromatic nitrogens is 1. The highest BCUT2D eigenvalue weighted by atomic mass is 32.1. The van der Waals surface area contributed by atoms with Crippen LogP contribution >= 0.6 is 11.3 Å². The SMILES string of the molecule is CCCCCCCCCCCCCCOc1ccc(NC(=O)Nc2cccc(C[n+]3csc(C)c3)c2)cc1. The Morgan fingerprint density at radius 1 is 0.816 bits per heavy atom. The van der Waals surface area contributed by atoms with E-state index >= 15 is 0 Å². The molecule has 0 bridgehead atoms. The lowest BCUT2D eigenvalue weighted by Crippen LogP contribution is -2.30. The maximum absolute atomic E-state index is 12.5. The van der Waals surface area contributed by atoms with E-state index in [1.54, 1.807) is 11.3 Å². The molecule has 206 valence electrons. The van der Waals surface area contributed by atoms with Gasteiger partial charge in [-0.15, -0.1) is 0 Å². The summed E-state index contributed by atoms with van der Waals surface area (Å²) in [6, 6.07) is 15.3. The average Bonchev–Trinajstić information content (AvgIpc) is 3.32. The fraction of sp³-hybridized carbons (Fsp3) is 0.500. The topological polar surface area (TPSA) is 54.2 Å². The Kier molecular flexibility index (Phi) is 13.8. The molecule has 1 aromatic heterocycles. The van der Waals surface area contributed by atoms with E-state index in [1.165, 1.54) is 75.5 Å². The number of hydrogen-bond donors (Lipinski definition) is 2. The number of ether oxygens (including phenoxy) is 1. The van der Waals surface area contributed by atoms with Crippen LogP contribution in [0.15, 0.2) is 60.2 Å². The van der Waals surface area contributed by atoms with Gasteiger partial charge in [0.2, 0.25) is 5.51 Å². The minimum atomic E-state index is -0.258. The lowest BCUT2D eigenvalue weighted by atomic mass is 10.1. The summed E-state index contributed by atoms with van der Waals surface area (Å²) in [7, 11) is 0. The summed E-state index contributed by atoms with van der Waals surface area (Å²) in [5.41, 5.74) is 4.75. The second-order valence-electron chi connectivity index (χ2n) is 10.2. The van der Waals surface area contributed by atoms with Gasteiger partial charge in [-0.3, -0.25) is 0 Å². The number of thiazole rings is 1. The summed E-state index contributed by atoms with van der Waals surface area (Å²) in [6.45, 7) is 5.89. The van der Waals surface area contributed by atoms with Crippen LogP contribution in [0.25, 0.3) is 0 Å². The van der Waals surface area contributed by atoms with Crippen LogP contribution in [0.4, 0.5) is 16.2 Å². The Morgan fingerprint density at radius 3 is 2.08 bits per heavy atom. The first kappa shape index (κ1) is 29.7. The van der Waals surface area contributed by atoms with Crippen molar-refractivity contribution < 1.29 is 14.1 Å². The molecule has 0 radical (unpaired) electrons. The summed E-state index contributed by atoms with van der Waals surface area (Å²) >= 11 is 1.73. The van der Waals surface area contributed by atoms with Crippen LogP contribution in [0.1, 0.15) is 94.4 Å². The second-order valence-corrected chi connectivity index (χ2v) is 11.3. The summed E-state index contributed by atoms with van der Waals surface area (Å²) in [4.78, 5) is 13.8. The molecule has 0 spiro atoms. The molecule has 38 heavy (non-hydrogen) atoms.